The molecule has 0 bridgehead atoms. The number of thiophene rings is 1. The van der Waals surface area contributed by atoms with Crippen LogP contribution in [0.2, 0.25) is 0 Å². The minimum atomic E-state index is -4.59. The van der Waals surface area contributed by atoms with E-state index in [9.17, 15) is 28.5 Å². The van der Waals surface area contributed by atoms with Crippen molar-refractivity contribution in [1.82, 2.24) is 15.0 Å². The third-order valence-electron chi connectivity index (χ3n) is 6.68. The van der Waals surface area contributed by atoms with E-state index in [0.717, 1.165) is 21.6 Å². The van der Waals surface area contributed by atoms with Crippen molar-refractivity contribution >= 4 is 44.7 Å². The molecular formula is C25H26F3N5O3S2. The average molecular weight is 566 g/mol. The van der Waals surface area contributed by atoms with E-state index in [2.05, 4.69) is 25.6 Å². The van der Waals surface area contributed by atoms with Crippen molar-refractivity contribution < 1.29 is 28.5 Å². The average Bonchev–Trinajstić information content (AvgIpc) is 3.54. The van der Waals surface area contributed by atoms with Crippen LogP contribution in [0.5, 0.6) is 0 Å². The molecule has 1 saturated carbocycles. The van der Waals surface area contributed by atoms with Gasteiger partial charge in [-0.1, -0.05) is 18.2 Å². The number of nitrogens with one attached hydrogen (secondary N) is 2. The molecule has 4 aromatic rings. The molecule has 202 valence electrons. The van der Waals surface area contributed by atoms with Crippen LogP contribution in [-0.4, -0.2) is 61.3 Å². The fourth-order valence-corrected chi connectivity index (χ4v) is 6.52. The molecule has 3 heterocycles. The lowest BCUT2D eigenvalue weighted by atomic mass is 9.81. The van der Waals surface area contributed by atoms with E-state index in [1.807, 2.05) is 24.3 Å². The zero-order valence-corrected chi connectivity index (χ0v) is 21.8. The van der Waals surface area contributed by atoms with Gasteiger partial charge in [0.05, 0.1) is 33.6 Å². The van der Waals surface area contributed by atoms with Crippen molar-refractivity contribution in [2.24, 2.45) is 5.92 Å². The summed E-state index contributed by atoms with van der Waals surface area (Å²) in [7, 11) is 0. The number of benzene rings is 1. The van der Waals surface area contributed by atoms with Crippen LogP contribution < -0.4 is 10.6 Å². The molecule has 1 fully saturated rings. The molecule has 5 atom stereocenters. The first-order valence-electron chi connectivity index (χ1n) is 12.0. The molecule has 8 nitrogen and oxygen atoms in total. The lowest BCUT2D eigenvalue weighted by Crippen LogP contribution is -2.50. The number of nitrogens with zero attached hydrogens (tertiary/aromatic N) is 3. The Morgan fingerprint density at radius 3 is 2.53 bits per heavy atom. The van der Waals surface area contributed by atoms with E-state index in [0.29, 0.717) is 29.1 Å². The maximum Gasteiger partial charge on any atom is 0.413 e. The van der Waals surface area contributed by atoms with Crippen molar-refractivity contribution in [3.05, 3.63) is 52.3 Å². The minimum Gasteiger partial charge on any atom is -0.396 e. The van der Waals surface area contributed by atoms with Gasteiger partial charge in [0.25, 0.3) is 0 Å². The first-order chi connectivity index (χ1) is 18.2. The quantitative estimate of drug-likeness (QED) is 0.218. The summed E-state index contributed by atoms with van der Waals surface area (Å²) in [5.41, 5.74) is 1.66. The molecule has 13 heteroatoms. The highest BCUT2D eigenvalue weighted by Gasteiger charge is 2.42. The Balaban J connectivity index is 1.56. The van der Waals surface area contributed by atoms with Gasteiger partial charge in [0.2, 0.25) is 5.95 Å². The molecule has 1 unspecified atom stereocenters. The van der Waals surface area contributed by atoms with Crippen molar-refractivity contribution in [1.29, 1.82) is 0 Å². The van der Waals surface area contributed by atoms with E-state index in [1.165, 1.54) is 17.4 Å². The van der Waals surface area contributed by atoms with Crippen LogP contribution in [-0.2, 0) is 0 Å². The molecular weight excluding hydrogens is 539 g/mol. The summed E-state index contributed by atoms with van der Waals surface area (Å²) in [5, 5.41) is 38.4. The number of alkyl halides is 3. The van der Waals surface area contributed by atoms with E-state index >= 15 is 0 Å². The van der Waals surface area contributed by atoms with Crippen LogP contribution in [0.4, 0.5) is 24.9 Å². The number of fused-ring (bicyclic) bond motifs is 1. The third-order valence-corrected chi connectivity index (χ3v) is 8.67. The van der Waals surface area contributed by atoms with Gasteiger partial charge in [0.1, 0.15) is 16.9 Å². The Morgan fingerprint density at radius 2 is 1.84 bits per heavy atom. The van der Waals surface area contributed by atoms with Crippen LogP contribution in [0.15, 0.2) is 41.8 Å². The van der Waals surface area contributed by atoms with Gasteiger partial charge in [0, 0.05) is 17.4 Å². The normalized spacial score (nSPS) is 22.9. The molecule has 0 radical (unpaired) electrons. The van der Waals surface area contributed by atoms with Crippen molar-refractivity contribution in [2.45, 2.75) is 50.2 Å². The lowest BCUT2D eigenvalue weighted by molar-refractivity contribution is -0.143. The lowest BCUT2D eigenvalue weighted by Gasteiger charge is -2.37. The topological polar surface area (TPSA) is 123 Å². The van der Waals surface area contributed by atoms with Gasteiger partial charge in [-0.05, 0) is 43.3 Å². The molecule has 0 aliphatic heterocycles. The summed E-state index contributed by atoms with van der Waals surface area (Å²) in [6.45, 7) is 1.41. The molecule has 3 aromatic heterocycles. The maximum absolute atomic E-state index is 14.0. The standard InChI is InChI=1S/C25H26F3N5O3S2/c1-12-18(23-31-14-5-2-3-6-16(14)38-23)22(30-15-9-8-13(11-34)19(35)20(15)36)33-24(29-12)32-21(25(26,27)28)17-7-4-10-37-17/h2-7,10,13,15,19-21,34-36H,8-9,11H2,1H3,(H2,29,30,32,33)/t13-,15?,19-,20+,21+/m1/s1. The van der Waals surface area contributed by atoms with E-state index < -0.39 is 36.4 Å². The van der Waals surface area contributed by atoms with Crippen LogP contribution in [0.25, 0.3) is 20.8 Å². The number of anilines is 2. The molecule has 0 saturated heterocycles. The smallest absolute Gasteiger partial charge is 0.396 e. The fourth-order valence-electron chi connectivity index (χ4n) is 4.66. The molecule has 38 heavy (non-hydrogen) atoms. The largest absolute Gasteiger partial charge is 0.413 e. The monoisotopic (exact) mass is 565 g/mol. The maximum atomic E-state index is 14.0. The summed E-state index contributed by atoms with van der Waals surface area (Å²) in [5.74, 6) is -0.496. The number of aromatic nitrogens is 3. The molecule has 1 aliphatic rings. The Labute approximate surface area is 224 Å². The third kappa shape index (κ3) is 5.34. The first kappa shape index (κ1) is 26.8. The summed E-state index contributed by atoms with van der Waals surface area (Å²) >= 11 is 2.37. The molecule has 5 N–H and O–H groups in total. The Kier molecular flexibility index (Phi) is 7.56. The summed E-state index contributed by atoms with van der Waals surface area (Å²) in [4.78, 5) is 13.5. The summed E-state index contributed by atoms with van der Waals surface area (Å²) < 4.78 is 42.8. The number of para-hydroxylation sites is 1. The van der Waals surface area contributed by atoms with E-state index in [4.69, 9.17) is 0 Å². The molecule has 0 amide bonds. The number of halogens is 3. The van der Waals surface area contributed by atoms with Gasteiger partial charge in [0.15, 0.2) is 6.04 Å². The molecule has 5 rings (SSSR count). The van der Waals surface area contributed by atoms with Gasteiger partial charge in [-0.25, -0.2) is 9.97 Å². The molecule has 0 spiro atoms. The van der Waals surface area contributed by atoms with Crippen molar-refractivity contribution in [3.63, 3.8) is 0 Å². The minimum absolute atomic E-state index is 0.0735. The Bertz CT molecular complexity index is 1370. The highest BCUT2D eigenvalue weighted by molar-refractivity contribution is 7.21. The van der Waals surface area contributed by atoms with Gasteiger partial charge >= 0.3 is 6.18 Å². The Hall–Kier alpha value is -2.84. The number of hydrogen-bond acceptors (Lipinski definition) is 10. The van der Waals surface area contributed by atoms with E-state index in [1.54, 1.807) is 18.4 Å². The highest BCUT2D eigenvalue weighted by atomic mass is 32.1. The number of aryl methyl sites for hydroxylation is 1. The number of aliphatic hydroxyl groups excluding tert-OH is 3. The van der Waals surface area contributed by atoms with Gasteiger partial charge in [-0.3, -0.25) is 0 Å². The molecule has 1 aromatic carbocycles. The van der Waals surface area contributed by atoms with Crippen LogP contribution in [0, 0.1) is 12.8 Å². The van der Waals surface area contributed by atoms with Gasteiger partial charge < -0.3 is 26.0 Å². The number of aliphatic hydroxyl groups is 3. The Morgan fingerprint density at radius 1 is 1.05 bits per heavy atom. The van der Waals surface area contributed by atoms with Crippen LogP contribution >= 0.6 is 22.7 Å². The number of hydrogen-bond donors (Lipinski definition) is 5. The fraction of sp³-hybridized carbons (Fsp3) is 0.400. The predicted octanol–water partition coefficient (Wildman–Crippen LogP) is 4.74. The second kappa shape index (κ2) is 10.7. The SMILES string of the molecule is Cc1nc(N[C@@H](c2cccs2)C(F)(F)F)nc(NC2CC[C@H](CO)[C@@H](O)[C@H]2O)c1-c1nc2ccccc2s1. The van der Waals surface area contributed by atoms with Crippen molar-refractivity contribution in [3.8, 4) is 10.6 Å². The first-order valence-corrected chi connectivity index (χ1v) is 13.7. The zero-order valence-electron chi connectivity index (χ0n) is 20.2. The second-order valence-corrected chi connectivity index (χ2v) is 11.2. The zero-order chi connectivity index (χ0) is 27.0. The van der Waals surface area contributed by atoms with Crippen LogP contribution in [0.3, 0.4) is 0 Å². The van der Waals surface area contributed by atoms with Crippen LogP contribution in [0.1, 0.15) is 29.5 Å². The predicted molar refractivity (Wildman–Crippen MR) is 141 cm³/mol. The number of rotatable bonds is 7. The van der Waals surface area contributed by atoms with Crippen molar-refractivity contribution in [2.75, 3.05) is 17.2 Å². The van der Waals surface area contributed by atoms with Gasteiger partial charge in [-0.15, -0.1) is 22.7 Å². The van der Waals surface area contributed by atoms with E-state index in [-0.39, 0.29) is 23.3 Å². The summed E-state index contributed by atoms with van der Waals surface area (Å²) in [6, 6.07) is 7.81. The number of thiazole rings is 1. The summed E-state index contributed by atoms with van der Waals surface area (Å²) in [6.07, 6.45) is -6.11. The highest BCUT2D eigenvalue weighted by Crippen LogP contribution is 2.40. The molecule has 1 aliphatic carbocycles. The van der Waals surface area contributed by atoms with Gasteiger partial charge in [-0.2, -0.15) is 18.2 Å². The second-order valence-electron chi connectivity index (χ2n) is 9.23.